The quantitative estimate of drug-likeness (QED) is 0.809. The second kappa shape index (κ2) is 6.05. The third-order valence-electron chi connectivity index (χ3n) is 5.75. The number of amides is 1. The summed E-state index contributed by atoms with van der Waals surface area (Å²) in [6.45, 7) is 12.0. The Balaban J connectivity index is 2.13. The lowest BCUT2D eigenvalue weighted by Gasteiger charge is -2.45. The molecule has 3 unspecified atom stereocenters. The lowest BCUT2D eigenvalue weighted by Crippen LogP contribution is -2.49. The average Bonchev–Trinajstić information content (AvgIpc) is 2.70. The van der Waals surface area contributed by atoms with Crippen LogP contribution in [0.4, 0.5) is 0 Å². The minimum Gasteiger partial charge on any atom is -0.325 e. The van der Waals surface area contributed by atoms with Crippen molar-refractivity contribution in [3.05, 3.63) is 0 Å². The van der Waals surface area contributed by atoms with Gasteiger partial charge in [0.15, 0.2) is 0 Å². The maximum absolute atomic E-state index is 12.8. The summed E-state index contributed by atoms with van der Waals surface area (Å²) >= 11 is 0. The summed E-state index contributed by atoms with van der Waals surface area (Å²) in [5.41, 5.74) is 0.412. The van der Waals surface area contributed by atoms with E-state index in [2.05, 4.69) is 44.8 Å². The zero-order chi connectivity index (χ0) is 14.9. The maximum atomic E-state index is 12.8. The molecular formula is C17H32N2O. The van der Waals surface area contributed by atoms with Crippen LogP contribution >= 0.6 is 0 Å². The van der Waals surface area contributed by atoms with Crippen LogP contribution < -0.4 is 5.32 Å². The van der Waals surface area contributed by atoms with Crippen molar-refractivity contribution in [2.75, 3.05) is 6.54 Å². The van der Waals surface area contributed by atoms with Crippen molar-refractivity contribution >= 4 is 5.91 Å². The van der Waals surface area contributed by atoms with Crippen molar-refractivity contribution in [2.45, 2.75) is 78.9 Å². The van der Waals surface area contributed by atoms with E-state index >= 15 is 0 Å². The highest BCUT2D eigenvalue weighted by molar-refractivity contribution is 5.84. The van der Waals surface area contributed by atoms with Crippen molar-refractivity contribution < 1.29 is 4.79 Å². The summed E-state index contributed by atoms with van der Waals surface area (Å²) < 4.78 is 0. The Morgan fingerprint density at radius 2 is 1.95 bits per heavy atom. The molecule has 0 spiro atoms. The molecule has 2 rings (SSSR count). The van der Waals surface area contributed by atoms with Crippen molar-refractivity contribution in [1.82, 2.24) is 10.2 Å². The lowest BCUT2D eigenvalue weighted by molar-refractivity contribution is -0.134. The number of carbonyl (C=O) groups excluding carboxylic acids is 1. The standard InChI is InChI=1S/C17H32N2O/c1-6-13(5)14-16(20)19(15(18-14)12(3)4)11-17(7-2)9-8-10-17/h12-15,18H,6-11H2,1-5H3. The predicted molar refractivity (Wildman–Crippen MR) is 83.3 cm³/mol. The molecule has 116 valence electrons. The van der Waals surface area contributed by atoms with Gasteiger partial charge < -0.3 is 4.90 Å². The van der Waals surface area contributed by atoms with E-state index < -0.39 is 0 Å². The molecule has 0 aromatic carbocycles. The van der Waals surface area contributed by atoms with Gasteiger partial charge in [-0.1, -0.05) is 47.5 Å². The summed E-state index contributed by atoms with van der Waals surface area (Å²) in [5, 5.41) is 3.61. The Bertz CT molecular complexity index is 343. The van der Waals surface area contributed by atoms with E-state index in [4.69, 9.17) is 0 Å². The summed E-state index contributed by atoms with van der Waals surface area (Å²) in [6.07, 6.45) is 6.42. The van der Waals surface area contributed by atoms with Crippen LogP contribution in [0.2, 0.25) is 0 Å². The Morgan fingerprint density at radius 3 is 2.35 bits per heavy atom. The highest BCUT2D eigenvalue weighted by atomic mass is 16.2. The minimum atomic E-state index is 0.0291. The van der Waals surface area contributed by atoms with Crippen molar-refractivity contribution in [2.24, 2.45) is 17.3 Å². The van der Waals surface area contributed by atoms with Crippen LogP contribution in [0.3, 0.4) is 0 Å². The van der Waals surface area contributed by atoms with Crippen LogP contribution in [0.15, 0.2) is 0 Å². The van der Waals surface area contributed by atoms with Crippen LogP contribution in [0.5, 0.6) is 0 Å². The van der Waals surface area contributed by atoms with Crippen molar-refractivity contribution in [3.63, 3.8) is 0 Å². The fourth-order valence-corrected chi connectivity index (χ4v) is 3.69. The average molecular weight is 280 g/mol. The van der Waals surface area contributed by atoms with E-state index in [1.54, 1.807) is 0 Å². The fourth-order valence-electron chi connectivity index (χ4n) is 3.69. The lowest BCUT2D eigenvalue weighted by atomic mass is 9.66. The molecule has 1 aliphatic heterocycles. The second-order valence-corrected chi connectivity index (χ2v) is 7.39. The van der Waals surface area contributed by atoms with Gasteiger partial charge in [0.25, 0.3) is 0 Å². The molecule has 1 saturated heterocycles. The number of nitrogens with one attached hydrogen (secondary N) is 1. The van der Waals surface area contributed by atoms with Crippen LogP contribution in [0.25, 0.3) is 0 Å². The SMILES string of the molecule is CCC(C)C1NC(C(C)C)N(CC2(CC)CCC2)C1=O. The van der Waals surface area contributed by atoms with Gasteiger partial charge in [-0.2, -0.15) is 0 Å². The molecule has 0 bridgehead atoms. The first-order valence-electron chi connectivity index (χ1n) is 8.50. The van der Waals surface area contributed by atoms with E-state index in [9.17, 15) is 4.79 Å². The molecule has 1 N–H and O–H groups in total. The van der Waals surface area contributed by atoms with Crippen molar-refractivity contribution in [1.29, 1.82) is 0 Å². The van der Waals surface area contributed by atoms with E-state index in [1.165, 1.54) is 25.7 Å². The Labute approximate surface area is 124 Å². The smallest absolute Gasteiger partial charge is 0.241 e. The summed E-state index contributed by atoms with van der Waals surface area (Å²) in [5.74, 6) is 1.24. The molecule has 1 heterocycles. The minimum absolute atomic E-state index is 0.0291. The molecule has 2 fully saturated rings. The normalized spacial score (nSPS) is 30.7. The van der Waals surface area contributed by atoms with E-state index in [1.807, 2.05) is 0 Å². The van der Waals surface area contributed by atoms with Crippen LogP contribution in [0, 0.1) is 17.3 Å². The summed E-state index contributed by atoms with van der Waals surface area (Å²) in [6, 6.07) is 0.0291. The largest absolute Gasteiger partial charge is 0.325 e. The topological polar surface area (TPSA) is 32.3 Å². The van der Waals surface area contributed by atoms with Crippen molar-refractivity contribution in [3.8, 4) is 0 Å². The Kier molecular flexibility index (Phi) is 4.78. The zero-order valence-electron chi connectivity index (χ0n) is 13.9. The molecule has 0 aromatic heterocycles. The van der Waals surface area contributed by atoms with Gasteiger partial charge in [-0.05, 0) is 36.5 Å². The fraction of sp³-hybridized carbons (Fsp3) is 0.941. The number of carbonyl (C=O) groups is 1. The molecule has 1 amide bonds. The van der Waals surface area contributed by atoms with E-state index in [0.717, 1.165) is 13.0 Å². The monoisotopic (exact) mass is 280 g/mol. The highest BCUT2D eigenvalue weighted by Crippen LogP contribution is 2.45. The first kappa shape index (κ1) is 15.8. The number of rotatable bonds is 6. The van der Waals surface area contributed by atoms with Gasteiger partial charge in [-0.15, -0.1) is 0 Å². The Hall–Kier alpha value is -0.570. The molecule has 0 radical (unpaired) electrons. The number of nitrogens with zero attached hydrogens (tertiary/aromatic N) is 1. The van der Waals surface area contributed by atoms with E-state index in [0.29, 0.717) is 23.2 Å². The van der Waals surface area contributed by atoms with Crippen LogP contribution in [0.1, 0.15) is 66.7 Å². The number of hydrogen-bond donors (Lipinski definition) is 1. The predicted octanol–water partition coefficient (Wildman–Crippen LogP) is 3.40. The number of hydrogen-bond acceptors (Lipinski definition) is 2. The molecule has 0 aromatic rings. The summed E-state index contributed by atoms with van der Waals surface area (Å²) in [7, 11) is 0. The molecule has 2 aliphatic rings. The van der Waals surface area contributed by atoms with Gasteiger partial charge in [-0.25, -0.2) is 0 Å². The van der Waals surface area contributed by atoms with Gasteiger partial charge in [0, 0.05) is 6.54 Å². The molecule has 3 atom stereocenters. The second-order valence-electron chi connectivity index (χ2n) is 7.39. The first-order valence-corrected chi connectivity index (χ1v) is 8.50. The molecule has 1 saturated carbocycles. The third kappa shape index (κ3) is 2.74. The van der Waals surface area contributed by atoms with Gasteiger partial charge in [-0.3, -0.25) is 10.1 Å². The zero-order valence-corrected chi connectivity index (χ0v) is 13.9. The molecule has 3 nitrogen and oxygen atoms in total. The summed E-state index contributed by atoms with van der Waals surface area (Å²) in [4.78, 5) is 15.0. The van der Waals surface area contributed by atoms with Gasteiger partial charge in [0.2, 0.25) is 5.91 Å². The van der Waals surface area contributed by atoms with Gasteiger partial charge in [0.05, 0.1) is 12.2 Å². The van der Waals surface area contributed by atoms with Crippen LogP contribution in [-0.4, -0.2) is 29.6 Å². The molecule has 20 heavy (non-hydrogen) atoms. The van der Waals surface area contributed by atoms with Crippen LogP contribution in [-0.2, 0) is 4.79 Å². The first-order chi connectivity index (χ1) is 9.44. The van der Waals surface area contributed by atoms with Gasteiger partial charge >= 0.3 is 0 Å². The molecule has 1 aliphatic carbocycles. The van der Waals surface area contributed by atoms with E-state index in [-0.39, 0.29) is 12.2 Å². The molecule has 3 heteroatoms. The molecular weight excluding hydrogens is 248 g/mol. The Morgan fingerprint density at radius 1 is 1.30 bits per heavy atom. The highest BCUT2D eigenvalue weighted by Gasteiger charge is 2.46. The maximum Gasteiger partial charge on any atom is 0.241 e. The third-order valence-corrected chi connectivity index (χ3v) is 5.75. The van der Waals surface area contributed by atoms with Gasteiger partial charge in [0.1, 0.15) is 0 Å².